The highest BCUT2D eigenvalue weighted by Crippen LogP contribution is 2.40. The lowest BCUT2D eigenvalue weighted by atomic mass is 9.68. The van der Waals surface area contributed by atoms with Gasteiger partial charge in [0.15, 0.2) is 0 Å². The molecular formula is C20H30N2O5. The second kappa shape index (κ2) is 7.76. The topological polar surface area (TPSA) is 88.1 Å². The van der Waals surface area contributed by atoms with E-state index in [0.717, 1.165) is 5.56 Å². The summed E-state index contributed by atoms with van der Waals surface area (Å²) in [6, 6.07) is 9.38. The Morgan fingerprint density at radius 3 is 2.26 bits per heavy atom. The molecule has 0 bridgehead atoms. The molecule has 0 aromatic heterocycles. The molecule has 1 aliphatic rings. The highest BCUT2D eigenvalue weighted by molar-refractivity contribution is 5.70. The standard InChI is InChI=1S/C20H30N2O5/c1-18(2,3)27-17(24)22-13-20(14-22,19(4,5)25)12-21-16(23)26-11-15-9-7-6-8-10-15/h6-10,25H,11-14H2,1-5H3,(H,21,23). The second-order valence-electron chi connectivity index (χ2n) is 8.59. The molecule has 0 radical (unpaired) electrons. The zero-order valence-electron chi connectivity index (χ0n) is 16.7. The van der Waals surface area contributed by atoms with Crippen molar-refractivity contribution in [1.29, 1.82) is 0 Å². The normalized spacial score (nSPS) is 16.3. The van der Waals surface area contributed by atoms with Crippen molar-refractivity contribution in [3.8, 4) is 0 Å². The predicted octanol–water partition coefficient (Wildman–Crippen LogP) is 2.92. The van der Waals surface area contributed by atoms with Crippen LogP contribution < -0.4 is 5.32 Å². The molecule has 2 N–H and O–H groups in total. The van der Waals surface area contributed by atoms with E-state index in [2.05, 4.69) is 5.32 Å². The van der Waals surface area contributed by atoms with Gasteiger partial charge in [-0.2, -0.15) is 0 Å². The number of aliphatic hydroxyl groups is 1. The van der Waals surface area contributed by atoms with Crippen LogP contribution in [0.1, 0.15) is 40.2 Å². The van der Waals surface area contributed by atoms with Crippen molar-refractivity contribution in [2.75, 3.05) is 19.6 Å². The monoisotopic (exact) mass is 378 g/mol. The van der Waals surface area contributed by atoms with Crippen LogP contribution in [0.2, 0.25) is 0 Å². The van der Waals surface area contributed by atoms with E-state index < -0.39 is 28.8 Å². The van der Waals surface area contributed by atoms with Gasteiger partial charge in [-0.3, -0.25) is 0 Å². The van der Waals surface area contributed by atoms with Gasteiger partial charge in [-0.1, -0.05) is 30.3 Å². The minimum absolute atomic E-state index is 0.173. The van der Waals surface area contributed by atoms with Gasteiger partial charge in [0.1, 0.15) is 12.2 Å². The maximum atomic E-state index is 12.2. The van der Waals surface area contributed by atoms with Crippen LogP contribution in [0.15, 0.2) is 30.3 Å². The highest BCUT2D eigenvalue weighted by Gasteiger charge is 2.55. The van der Waals surface area contributed by atoms with Crippen molar-refractivity contribution in [2.45, 2.75) is 52.4 Å². The quantitative estimate of drug-likeness (QED) is 0.822. The number of benzene rings is 1. The number of rotatable bonds is 5. The summed E-state index contributed by atoms with van der Waals surface area (Å²) in [7, 11) is 0. The lowest BCUT2D eigenvalue weighted by Crippen LogP contribution is -2.70. The molecule has 150 valence electrons. The van der Waals surface area contributed by atoms with Crippen LogP contribution in [-0.4, -0.2) is 53.0 Å². The van der Waals surface area contributed by atoms with E-state index in [9.17, 15) is 14.7 Å². The first-order valence-corrected chi connectivity index (χ1v) is 9.07. The first-order valence-electron chi connectivity index (χ1n) is 9.07. The molecule has 1 fully saturated rings. The van der Waals surface area contributed by atoms with Crippen LogP contribution in [0, 0.1) is 5.41 Å². The Balaban J connectivity index is 1.87. The van der Waals surface area contributed by atoms with E-state index in [1.807, 2.05) is 30.3 Å². The van der Waals surface area contributed by atoms with E-state index in [1.165, 1.54) is 4.90 Å². The Labute approximate surface area is 160 Å². The van der Waals surface area contributed by atoms with Crippen molar-refractivity contribution < 1.29 is 24.2 Å². The SMILES string of the molecule is CC(C)(C)OC(=O)N1CC(CNC(=O)OCc2ccccc2)(C(C)(C)O)C1. The van der Waals surface area contributed by atoms with E-state index in [1.54, 1.807) is 34.6 Å². The number of carbonyl (C=O) groups excluding carboxylic acids is 2. The molecule has 0 saturated carbocycles. The van der Waals surface area contributed by atoms with Crippen LogP contribution in [0.25, 0.3) is 0 Å². The number of hydrogen-bond donors (Lipinski definition) is 2. The van der Waals surface area contributed by atoms with Crippen LogP contribution in [0.3, 0.4) is 0 Å². The summed E-state index contributed by atoms with van der Waals surface area (Å²) in [5.74, 6) is 0. The molecular weight excluding hydrogens is 348 g/mol. The molecule has 0 atom stereocenters. The fraction of sp³-hybridized carbons (Fsp3) is 0.600. The summed E-state index contributed by atoms with van der Waals surface area (Å²) in [4.78, 5) is 25.7. The molecule has 1 heterocycles. The molecule has 1 aromatic rings. The van der Waals surface area contributed by atoms with Crippen molar-refractivity contribution >= 4 is 12.2 Å². The summed E-state index contributed by atoms with van der Waals surface area (Å²) in [5.41, 5.74) is -1.43. The van der Waals surface area contributed by atoms with Gasteiger partial charge < -0.3 is 24.8 Å². The van der Waals surface area contributed by atoms with Gasteiger partial charge in [-0.25, -0.2) is 9.59 Å². The molecule has 0 spiro atoms. The van der Waals surface area contributed by atoms with Crippen molar-refractivity contribution in [2.24, 2.45) is 5.41 Å². The number of ether oxygens (including phenoxy) is 2. The van der Waals surface area contributed by atoms with E-state index in [0.29, 0.717) is 13.1 Å². The zero-order valence-corrected chi connectivity index (χ0v) is 16.7. The molecule has 0 unspecified atom stereocenters. The molecule has 7 nitrogen and oxygen atoms in total. The summed E-state index contributed by atoms with van der Waals surface area (Å²) in [5, 5.41) is 13.3. The number of alkyl carbamates (subject to hydrolysis) is 1. The summed E-state index contributed by atoms with van der Waals surface area (Å²) < 4.78 is 10.6. The molecule has 1 aromatic carbocycles. The van der Waals surface area contributed by atoms with Gasteiger partial charge in [0.05, 0.1) is 11.0 Å². The molecule has 7 heteroatoms. The molecule has 2 amide bonds. The number of nitrogens with zero attached hydrogens (tertiary/aromatic N) is 1. The van der Waals surface area contributed by atoms with Crippen molar-refractivity contribution in [3.63, 3.8) is 0 Å². The Kier molecular flexibility index (Phi) is 6.04. The Morgan fingerprint density at radius 2 is 1.74 bits per heavy atom. The van der Waals surface area contributed by atoms with Gasteiger partial charge in [0.25, 0.3) is 0 Å². The van der Waals surface area contributed by atoms with Crippen LogP contribution in [0.5, 0.6) is 0 Å². The van der Waals surface area contributed by atoms with Crippen molar-refractivity contribution in [3.05, 3.63) is 35.9 Å². The minimum atomic E-state index is -1.09. The fourth-order valence-corrected chi connectivity index (χ4v) is 2.87. The second-order valence-corrected chi connectivity index (χ2v) is 8.59. The lowest BCUT2D eigenvalue weighted by Gasteiger charge is -2.55. The summed E-state index contributed by atoms with van der Waals surface area (Å²) in [6.07, 6.45) is -0.979. The molecule has 1 aliphatic heterocycles. The van der Waals surface area contributed by atoms with Gasteiger partial charge >= 0.3 is 12.2 Å². The highest BCUT2D eigenvalue weighted by atomic mass is 16.6. The molecule has 0 aliphatic carbocycles. The predicted molar refractivity (Wildman–Crippen MR) is 101 cm³/mol. The van der Waals surface area contributed by atoms with E-state index in [-0.39, 0.29) is 13.2 Å². The maximum absolute atomic E-state index is 12.2. The third-order valence-electron chi connectivity index (χ3n) is 4.72. The average Bonchev–Trinajstić information content (AvgIpc) is 2.49. The first kappa shape index (κ1) is 21.0. The van der Waals surface area contributed by atoms with Crippen LogP contribution in [0.4, 0.5) is 9.59 Å². The van der Waals surface area contributed by atoms with Crippen LogP contribution >= 0.6 is 0 Å². The average molecular weight is 378 g/mol. The number of hydrogen-bond acceptors (Lipinski definition) is 5. The lowest BCUT2D eigenvalue weighted by molar-refractivity contribution is -0.136. The number of likely N-dealkylation sites (tertiary alicyclic amines) is 1. The van der Waals surface area contributed by atoms with Gasteiger partial charge in [-0.15, -0.1) is 0 Å². The maximum Gasteiger partial charge on any atom is 0.410 e. The zero-order chi connectivity index (χ0) is 20.3. The smallest absolute Gasteiger partial charge is 0.410 e. The molecule has 1 saturated heterocycles. The molecule has 2 rings (SSSR count). The third-order valence-corrected chi connectivity index (χ3v) is 4.72. The summed E-state index contributed by atoms with van der Waals surface area (Å²) in [6.45, 7) is 9.73. The number of carbonyl (C=O) groups is 2. The Hall–Kier alpha value is -2.28. The van der Waals surface area contributed by atoms with Crippen molar-refractivity contribution in [1.82, 2.24) is 10.2 Å². The van der Waals surface area contributed by atoms with E-state index >= 15 is 0 Å². The molecule has 27 heavy (non-hydrogen) atoms. The van der Waals surface area contributed by atoms with Crippen LogP contribution in [-0.2, 0) is 16.1 Å². The first-order chi connectivity index (χ1) is 12.4. The van der Waals surface area contributed by atoms with Gasteiger partial charge in [0.2, 0.25) is 0 Å². The number of nitrogens with one attached hydrogen (secondary N) is 1. The van der Waals surface area contributed by atoms with Gasteiger partial charge in [0, 0.05) is 19.6 Å². The summed E-state index contributed by atoms with van der Waals surface area (Å²) >= 11 is 0. The fourth-order valence-electron chi connectivity index (χ4n) is 2.87. The van der Waals surface area contributed by atoms with E-state index in [4.69, 9.17) is 9.47 Å². The Bertz CT molecular complexity index is 655. The minimum Gasteiger partial charge on any atom is -0.445 e. The largest absolute Gasteiger partial charge is 0.445 e. The van der Waals surface area contributed by atoms with Gasteiger partial charge in [-0.05, 0) is 40.2 Å². The Morgan fingerprint density at radius 1 is 1.15 bits per heavy atom. The third kappa shape index (κ3) is 5.60. The number of amides is 2.